The Morgan fingerprint density at radius 3 is 2.95 bits per heavy atom. The maximum absolute atomic E-state index is 12.2. The van der Waals surface area contributed by atoms with Crippen molar-refractivity contribution in [3.63, 3.8) is 0 Å². The third kappa shape index (κ3) is 3.67. The summed E-state index contributed by atoms with van der Waals surface area (Å²) in [4.78, 5) is 12.2. The summed E-state index contributed by atoms with van der Waals surface area (Å²) >= 11 is 0. The third-order valence-electron chi connectivity index (χ3n) is 4.09. The van der Waals surface area contributed by atoms with Gasteiger partial charge in [-0.15, -0.1) is 12.4 Å². The van der Waals surface area contributed by atoms with E-state index in [2.05, 4.69) is 10.6 Å². The predicted octanol–water partition coefficient (Wildman–Crippen LogP) is 0.356. The number of ether oxygens (including phenoxy) is 1. The van der Waals surface area contributed by atoms with E-state index in [1.165, 1.54) is 0 Å². The van der Waals surface area contributed by atoms with Gasteiger partial charge >= 0.3 is 0 Å². The van der Waals surface area contributed by atoms with Crippen LogP contribution in [-0.2, 0) is 11.2 Å². The Kier molecular flexibility index (Phi) is 5.45. The molecule has 6 heteroatoms. The third-order valence-corrected chi connectivity index (χ3v) is 4.09. The van der Waals surface area contributed by atoms with Crippen molar-refractivity contribution in [2.24, 2.45) is 11.8 Å². The Morgan fingerprint density at radius 2 is 2.19 bits per heavy atom. The van der Waals surface area contributed by atoms with Crippen LogP contribution in [0.2, 0.25) is 0 Å². The normalized spacial score (nSPS) is 27.2. The van der Waals surface area contributed by atoms with Crippen molar-refractivity contribution < 1.29 is 14.6 Å². The number of β-amino-alcohol motifs (C(OH)–C–C–N with tert-alkyl or cyclic N) is 1. The molecule has 0 radical (unpaired) electrons. The molecule has 2 heterocycles. The standard InChI is InChI=1S/C15H20N2O3.ClH/c18-13-8-16-6-12(13)7-17-15(19)11-5-10-3-1-2-4-14(10)20-9-11;/h1-4,11-13,16,18H,5-9H2,(H,17,19);1H. The molecule has 2 aliphatic heterocycles. The molecule has 5 nitrogen and oxygen atoms in total. The van der Waals surface area contributed by atoms with Gasteiger partial charge in [0.1, 0.15) is 12.4 Å². The number of carbonyl (C=O) groups excluding carboxylic acids is 1. The first kappa shape index (κ1) is 16.1. The van der Waals surface area contributed by atoms with Crippen LogP contribution >= 0.6 is 12.4 Å². The second kappa shape index (κ2) is 7.11. The Bertz CT molecular complexity index is 498. The molecule has 3 unspecified atom stereocenters. The fourth-order valence-electron chi connectivity index (χ4n) is 2.80. The number of rotatable bonds is 3. The zero-order valence-electron chi connectivity index (χ0n) is 11.7. The lowest BCUT2D eigenvalue weighted by Gasteiger charge is -2.25. The van der Waals surface area contributed by atoms with Crippen molar-refractivity contribution in [3.05, 3.63) is 29.8 Å². The number of carbonyl (C=O) groups is 1. The number of amides is 1. The second-order valence-electron chi connectivity index (χ2n) is 5.55. The van der Waals surface area contributed by atoms with Gasteiger partial charge in [0.15, 0.2) is 0 Å². The molecule has 116 valence electrons. The highest BCUT2D eigenvalue weighted by atomic mass is 35.5. The lowest BCUT2D eigenvalue weighted by molar-refractivity contribution is -0.126. The molecular formula is C15H21ClN2O3. The van der Waals surface area contributed by atoms with Crippen molar-refractivity contribution in [1.82, 2.24) is 10.6 Å². The summed E-state index contributed by atoms with van der Waals surface area (Å²) in [5, 5.41) is 15.8. The maximum Gasteiger partial charge on any atom is 0.226 e. The topological polar surface area (TPSA) is 70.6 Å². The molecule has 21 heavy (non-hydrogen) atoms. The van der Waals surface area contributed by atoms with Crippen LogP contribution in [0.25, 0.3) is 0 Å². The summed E-state index contributed by atoms with van der Waals surface area (Å²) in [5.74, 6) is 0.859. The fraction of sp³-hybridized carbons (Fsp3) is 0.533. The predicted molar refractivity (Wildman–Crippen MR) is 81.8 cm³/mol. The number of hydrogen-bond donors (Lipinski definition) is 3. The summed E-state index contributed by atoms with van der Waals surface area (Å²) in [5.41, 5.74) is 1.08. The van der Waals surface area contributed by atoms with Crippen LogP contribution in [0.4, 0.5) is 0 Å². The Balaban J connectivity index is 0.00000161. The smallest absolute Gasteiger partial charge is 0.226 e. The molecule has 3 N–H and O–H groups in total. The minimum atomic E-state index is -0.362. The van der Waals surface area contributed by atoms with Crippen LogP contribution < -0.4 is 15.4 Å². The van der Waals surface area contributed by atoms with Gasteiger partial charge in [-0.2, -0.15) is 0 Å². The van der Waals surface area contributed by atoms with Crippen molar-refractivity contribution in [3.8, 4) is 5.75 Å². The molecular weight excluding hydrogens is 292 g/mol. The van der Waals surface area contributed by atoms with Gasteiger partial charge in [0.05, 0.1) is 12.0 Å². The number of para-hydroxylation sites is 1. The lowest BCUT2D eigenvalue weighted by Crippen LogP contribution is -2.41. The van der Waals surface area contributed by atoms with Gasteiger partial charge in [0.25, 0.3) is 0 Å². The molecule has 3 rings (SSSR count). The Morgan fingerprint density at radius 1 is 1.38 bits per heavy atom. The zero-order valence-corrected chi connectivity index (χ0v) is 12.6. The van der Waals surface area contributed by atoms with Gasteiger partial charge in [-0.3, -0.25) is 4.79 Å². The van der Waals surface area contributed by atoms with E-state index in [9.17, 15) is 9.90 Å². The van der Waals surface area contributed by atoms with E-state index in [1.54, 1.807) is 0 Å². The first-order chi connectivity index (χ1) is 9.74. The van der Waals surface area contributed by atoms with Gasteiger partial charge in [-0.05, 0) is 18.1 Å². The van der Waals surface area contributed by atoms with Gasteiger partial charge in [-0.1, -0.05) is 18.2 Å². The van der Waals surface area contributed by atoms with E-state index in [4.69, 9.17) is 4.74 Å². The Hall–Kier alpha value is -1.30. The van der Waals surface area contributed by atoms with Crippen LogP contribution in [0.15, 0.2) is 24.3 Å². The molecule has 0 spiro atoms. The van der Waals surface area contributed by atoms with E-state index in [0.717, 1.165) is 17.9 Å². The van der Waals surface area contributed by atoms with E-state index >= 15 is 0 Å². The molecule has 1 amide bonds. The minimum Gasteiger partial charge on any atom is -0.492 e. The van der Waals surface area contributed by atoms with E-state index in [0.29, 0.717) is 26.1 Å². The molecule has 1 saturated heterocycles. The Labute approximate surface area is 130 Å². The highest BCUT2D eigenvalue weighted by Gasteiger charge is 2.28. The monoisotopic (exact) mass is 312 g/mol. The first-order valence-electron chi connectivity index (χ1n) is 7.11. The van der Waals surface area contributed by atoms with Crippen LogP contribution in [0.3, 0.4) is 0 Å². The highest BCUT2D eigenvalue weighted by molar-refractivity contribution is 5.85. The molecule has 1 aromatic carbocycles. The van der Waals surface area contributed by atoms with Gasteiger partial charge in [0.2, 0.25) is 5.91 Å². The summed E-state index contributed by atoms with van der Waals surface area (Å²) in [6, 6.07) is 7.83. The zero-order chi connectivity index (χ0) is 13.9. The summed E-state index contributed by atoms with van der Waals surface area (Å²) in [6.45, 7) is 2.31. The van der Waals surface area contributed by atoms with E-state index in [-0.39, 0.29) is 36.3 Å². The van der Waals surface area contributed by atoms with Crippen molar-refractivity contribution in [2.75, 3.05) is 26.2 Å². The molecule has 0 aliphatic carbocycles. The lowest BCUT2D eigenvalue weighted by atomic mass is 9.95. The number of aliphatic hydroxyl groups excluding tert-OH is 1. The number of halogens is 1. The summed E-state index contributed by atoms with van der Waals surface area (Å²) in [6.07, 6.45) is 0.353. The SMILES string of the molecule is Cl.O=C(NCC1CNCC1O)C1COc2ccccc2C1. The van der Waals surface area contributed by atoms with E-state index in [1.807, 2.05) is 24.3 Å². The summed E-state index contributed by atoms with van der Waals surface area (Å²) in [7, 11) is 0. The number of fused-ring (bicyclic) bond motifs is 1. The largest absolute Gasteiger partial charge is 0.492 e. The van der Waals surface area contributed by atoms with Gasteiger partial charge in [0, 0.05) is 25.6 Å². The van der Waals surface area contributed by atoms with Crippen molar-refractivity contribution in [1.29, 1.82) is 0 Å². The quantitative estimate of drug-likeness (QED) is 0.753. The first-order valence-corrected chi connectivity index (χ1v) is 7.11. The molecule has 3 atom stereocenters. The van der Waals surface area contributed by atoms with Crippen LogP contribution in [0, 0.1) is 11.8 Å². The number of benzene rings is 1. The average molecular weight is 313 g/mol. The van der Waals surface area contributed by atoms with Gasteiger partial charge in [-0.25, -0.2) is 0 Å². The maximum atomic E-state index is 12.2. The highest BCUT2D eigenvalue weighted by Crippen LogP contribution is 2.26. The number of nitrogens with one attached hydrogen (secondary N) is 2. The van der Waals surface area contributed by atoms with E-state index < -0.39 is 0 Å². The summed E-state index contributed by atoms with van der Waals surface area (Å²) < 4.78 is 5.63. The molecule has 0 bridgehead atoms. The molecule has 0 saturated carbocycles. The second-order valence-corrected chi connectivity index (χ2v) is 5.55. The molecule has 2 aliphatic rings. The van der Waals surface area contributed by atoms with Crippen LogP contribution in [-0.4, -0.2) is 43.4 Å². The van der Waals surface area contributed by atoms with Crippen molar-refractivity contribution in [2.45, 2.75) is 12.5 Å². The number of hydrogen-bond acceptors (Lipinski definition) is 4. The average Bonchev–Trinajstić information content (AvgIpc) is 2.89. The minimum absolute atomic E-state index is 0. The van der Waals surface area contributed by atoms with Crippen LogP contribution in [0.1, 0.15) is 5.56 Å². The molecule has 1 fully saturated rings. The number of aliphatic hydroxyl groups is 1. The molecule has 1 aromatic rings. The van der Waals surface area contributed by atoms with Crippen molar-refractivity contribution >= 4 is 18.3 Å². The van der Waals surface area contributed by atoms with Crippen LogP contribution in [0.5, 0.6) is 5.75 Å². The molecule has 0 aromatic heterocycles. The van der Waals surface area contributed by atoms with Gasteiger partial charge < -0.3 is 20.5 Å². The fourth-order valence-corrected chi connectivity index (χ4v) is 2.80.